The van der Waals surface area contributed by atoms with Gasteiger partial charge in [-0.1, -0.05) is 0 Å². The number of ether oxygens (including phenoxy) is 2. The van der Waals surface area contributed by atoms with E-state index in [9.17, 15) is 22.8 Å². The number of halogens is 3. The minimum absolute atomic E-state index is 0.0243. The number of alkyl halides is 3. The van der Waals surface area contributed by atoms with Gasteiger partial charge in [-0.3, -0.25) is 9.59 Å². The Balaban J connectivity index is 2.14. The van der Waals surface area contributed by atoms with Gasteiger partial charge in [0.2, 0.25) is 0 Å². The summed E-state index contributed by atoms with van der Waals surface area (Å²) in [5, 5.41) is 0. The van der Waals surface area contributed by atoms with Gasteiger partial charge in [0.05, 0.1) is 13.0 Å². The van der Waals surface area contributed by atoms with E-state index < -0.39 is 23.9 Å². The number of nitrogens with two attached hydrogens (primary N) is 1. The molecular formula is C16H19F3N2O4. The van der Waals surface area contributed by atoms with Crippen molar-refractivity contribution in [3.63, 3.8) is 0 Å². The number of hydrogen-bond acceptors (Lipinski definition) is 4. The van der Waals surface area contributed by atoms with Crippen LogP contribution in [-0.4, -0.2) is 49.7 Å². The fourth-order valence-electron chi connectivity index (χ4n) is 2.68. The molecule has 1 fully saturated rings. The molecule has 9 heteroatoms. The van der Waals surface area contributed by atoms with Gasteiger partial charge in [-0.05, 0) is 31.0 Å². The Hall–Kier alpha value is -2.45. The molecular weight excluding hydrogens is 341 g/mol. The van der Waals surface area contributed by atoms with Crippen LogP contribution < -0.4 is 15.2 Å². The summed E-state index contributed by atoms with van der Waals surface area (Å²) in [6.07, 6.45) is -3.99. The lowest BCUT2D eigenvalue weighted by molar-refractivity contribution is -0.184. The predicted molar refractivity (Wildman–Crippen MR) is 82.4 cm³/mol. The fraction of sp³-hybridized carbons (Fsp3) is 0.500. The third kappa shape index (κ3) is 4.77. The molecule has 0 bridgehead atoms. The summed E-state index contributed by atoms with van der Waals surface area (Å²) in [5.74, 6) is -2.28. The van der Waals surface area contributed by atoms with Crippen molar-refractivity contribution in [2.24, 2.45) is 11.7 Å². The zero-order valence-electron chi connectivity index (χ0n) is 13.6. The van der Waals surface area contributed by atoms with E-state index in [2.05, 4.69) is 0 Å². The summed E-state index contributed by atoms with van der Waals surface area (Å²) in [5.41, 5.74) is 5.18. The molecule has 1 heterocycles. The lowest BCUT2D eigenvalue weighted by atomic mass is 9.97. The molecule has 0 spiro atoms. The van der Waals surface area contributed by atoms with Crippen LogP contribution >= 0.6 is 0 Å². The van der Waals surface area contributed by atoms with Crippen LogP contribution in [0.2, 0.25) is 0 Å². The van der Waals surface area contributed by atoms with Gasteiger partial charge in [0.15, 0.2) is 18.1 Å². The van der Waals surface area contributed by atoms with E-state index in [0.717, 1.165) is 0 Å². The summed E-state index contributed by atoms with van der Waals surface area (Å²) in [4.78, 5) is 24.5. The number of amides is 2. The Kier molecular flexibility index (Phi) is 5.76. The number of rotatable bonds is 5. The normalized spacial score (nSPS) is 17.9. The highest BCUT2D eigenvalue weighted by Gasteiger charge is 2.42. The summed E-state index contributed by atoms with van der Waals surface area (Å²) in [7, 11) is 1.35. The Morgan fingerprint density at radius 1 is 1.32 bits per heavy atom. The fourth-order valence-corrected chi connectivity index (χ4v) is 2.68. The van der Waals surface area contributed by atoms with Crippen LogP contribution in [0.4, 0.5) is 13.2 Å². The summed E-state index contributed by atoms with van der Waals surface area (Å²) in [6, 6.07) is 4.20. The number of piperidine rings is 1. The van der Waals surface area contributed by atoms with E-state index in [1.807, 2.05) is 0 Å². The Morgan fingerprint density at radius 2 is 2.04 bits per heavy atom. The average Bonchev–Trinajstić information content (AvgIpc) is 2.58. The van der Waals surface area contributed by atoms with Gasteiger partial charge in [0.25, 0.3) is 11.8 Å². The largest absolute Gasteiger partial charge is 0.493 e. The number of carbonyl (C=O) groups excluding carboxylic acids is 2. The minimum Gasteiger partial charge on any atom is -0.493 e. The lowest BCUT2D eigenvalue weighted by Gasteiger charge is -2.33. The lowest BCUT2D eigenvalue weighted by Crippen LogP contribution is -2.44. The van der Waals surface area contributed by atoms with E-state index in [0.29, 0.717) is 6.42 Å². The zero-order chi connectivity index (χ0) is 18.6. The molecule has 2 rings (SSSR count). The molecule has 0 aromatic heterocycles. The van der Waals surface area contributed by atoms with Gasteiger partial charge in [0.1, 0.15) is 0 Å². The van der Waals surface area contributed by atoms with E-state index >= 15 is 0 Å². The smallest absolute Gasteiger partial charge is 0.393 e. The van der Waals surface area contributed by atoms with Crippen LogP contribution in [-0.2, 0) is 4.79 Å². The van der Waals surface area contributed by atoms with Crippen molar-refractivity contribution >= 4 is 11.8 Å². The van der Waals surface area contributed by atoms with Crippen LogP contribution in [0.15, 0.2) is 18.2 Å². The molecule has 1 atom stereocenters. The van der Waals surface area contributed by atoms with Gasteiger partial charge in [-0.2, -0.15) is 13.2 Å². The number of carbonyl (C=O) groups is 2. The molecule has 1 aromatic rings. The quantitative estimate of drug-likeness (QED) is 0.870. The van der Waals surface area contributed by atoms with E-state index in [1.165, 1.54) is 30.2 Å². The monoisotopic (exact) mass is 360 g/mol. The third-order valence-corrected chi connectivity index (χ3v) is 3.95. The molecule has 2 amide bonds. The first-order chi connectivity index (χ1) is 11.7. The number of benzene rings is 1. The highest BCUT2D eigenvalue weighted by molar-refractivity contribution is 5.95. The molecule has 0 radical (unpaired) electrons. The van der Waals surface area contributed by atoms with E-state index in [4.69, 9.17) is 15.2 Å². The Morgan fingerprint density at radius 3 is 2.64 bits per heavy atom. The standard InChI is InChI=1S/C16H19F3N2O4/c1-24-13-7-10(4-5-12(13)25-9-14(20)22)15(23)21-6-2-3-11(8-21)16(17,18)19/h4-5,7,11H,2-3,6,8-9H2,1H3,(H2,20,22)/t11-/m0/s1. The molecule has 6 nitrogen and oxygen atoms in total. The van der Waals surface area contributed by atoms with E-state index in [1.54, 1.807) is 0 Å². The number of primary amides is 1. The molecule has 25 heavy (non-hydrogen) atoms. The molecule has 0 unspecified atom stereocenters. The second kappa shape index (κ2) is 7.62. The summed E-state index contributed by atoms with van der Waals surface area (Å²) < 4.78 is 48.9. The van der Waals surface area contributed by atoms with Gasteiger partial charge in [-0.15, -0.1) is 0 Å². The third-order valence-electron chi connectivity index (χ3n) is 3.95. The molecule has 1 aliphatic heterocycles. The van der Waals surface area contributed by atoms with Crippen LogP contribution in [0.25, 0.3) is 0 Å². The molecule has 0 saturated carbocycles. The van der Waals surface area contributed by atoms with Crippen molar-refractivity contribution in [2.75, 3.05) is 26.8 Å². The second-order valence-electron chi connectivity index (χ2n) is 5.75. The number of nitrogens with zero attached hydrogens (tertiary/aromatic N) is 1. The maximum absolute atomic E-state index is 12.9. The van der Waals surface area contributed by atoms with Gasteiger partial charge in [-0.25, -0.2) is 0 Å². The van der Waals surface area contributed by atoms with Gasteiger partial charge < -0.3 is 20.1 Å². The molecule has 1 aliphatic rings. The SMILES string of the molecule is COc1cc(C(=O)N2CCC[C@H](C(F)(F)F)C2)ccc1OCC(N)=O. The predicted octanol–water partition coefficient (Wildman–Crippen LogP) is 1.97. The maximum atomic E-state index is 12.9. The van der Waals surface area contributed by atoms with Crippen molar-refractivity contribution < 1.29 is 32.2 Å². The second-order valence-corrected chi connectivity index (χ2v) is 5.75. The van der Waals surface area contributed by atoms with Crippen molar-refractivity contribution in [3.8, 4) is 11.5 Å². The van der Waals surface area contributed by atoms with Crippen molar-refractivity contribution in [1.29, 1.82) is 0 Å². The zero-order valence-corrected chi connectivity index (χ0v) is 13.6. The van der Waals surface area contributed by atoms with E-state index in [-0.39, 0.29) is 43.2 Å². The first kappa shape index (κ1) is 18.9. The van der Waals surface area contributed by atoms with Crippen molar-refractivity contribution in [3.05, 3.63) is 23.8 Å². The van der Waals surface area contributed by atoms with Crippen molar-refractivity contribution in [1.82, 2.24) is 4.90 Å². The highest BCUT2D eigenvalue weighted by Crippen LogP contribution is 2.34. The summed E-state index contributed by atoms with van der Waals surface area (Å²) in [6.45, 7) is -0.443. The van der Waals surface area contributed by atoms with Crippen LogP contribution in [0, 0.1) is 5.92 Å². The van der Waals surface area contributed by atoms with Crippen LogP contribution in [0.3, 0.4) is 0 Å². The average molecular weight is 360 g/mol. The highest BCUT2D eigenvalue weighted by atomic mass is 19.4. The molecule has 138 valence electrons. The first-order valence-corrected chi connectivity index (χ1v) is 7.67. The van der Waals surface area contributed by atoms with Crippen molar-refractivity contribution in [2.45, 2.75) is 19.0 Å². The maximum Gasteiger partial charge on any atom is 0.393 e. The molecule has 1 saturated heterocycles. The van der Waals surface area contributed by atoms with Gasteiger partial charge >= 0.3 is 6.18 Å². The summed E-state index contributed by atoms with van der Waals surface area (Å²) >= 11 is 0. The molecule has 1 aromatic carbocycles. The Labute approximate surface area is 142 Å². The molecule has 0 aliphatic carbocycles. The number of likely N-dealkylation sites (tertiary alicyclic amines) is 1. The minimum atomic E-state index is -4.32. The Bertz CT molecular complexity index is 649. The first-order valence-electron chi connectivity index (χ1n) is 7.67. The number of methoxy groups -OCH3 is 1. The molecule has 2 N–H and O–H groups in total. The van der Waals surface area contributed by atoms with Crippen LogP contribution in [0.5, 0.6) is 11.5 Å². The topological polar surface area (TPSA) is 81.9 Å². The van der Waals surface area contributed by atoms with Gasteiger partial charge in [0, 0.05) is 18.7 Å². The number of hydrogen-bond donors (Lipinski definition) is 1. The van der Waals surface area contributed by atoms with Crippen LogP contribution in [0.1, 0.15) is 23.2 Å².